The van der Waals surface area contributed by atoms with Crippen molar-refractivity contribution in [3.8, 4) is 5.75 Å². The van der Waals surface area contributed by atoms with Gasteiger partial charge in [0.05, 0.1) is 0 Å². The molecule has 3 aliphatic carbocycles. The molecule has 0 N–H and O–H groups in total. The van der Waals surface area contributed by atoms with Gasteiger partial charge in [-0.15, -0.1) is 0 Å². The number of carbonyl (C=O) groups is 2. The molecule has 0 radical (unpaired) electrons. The Morgan fingerprint density at radius 1 is 1.21 bits per heavy atom. The minimum atomic E-state index is -0.250. The number of rotatable bonds is 1. The highest BCUT2D eigenvalue weighted by Gasteiger charge is 2.55. The van der Waals surface area contributed by atoms with Crippen LogP contribution in [0.3, 0.4) is 0 Å². The maximum Gasteiger partial charge on any atom is 0.308 e. The maximum atomic E-state index is 12.4. The third kappa shape index (κ3) is 2.17. The Morgan fingerprint density at radius 2 is 2.00 bits per heavy atom. The van der Waals surface area contributed by atoms with E-state index in [1.807, 2.05) is 6.07 Å². The van der Waals surface area contributed by atoms with E-state index in [2.05, 4.69) is 19.9 Å². The Kier molecular flexibility index (Phi) is 3.59. The van der Waals surface area contributed by atoms with Crippen molar-refractivity contribution in [2.45, 2.75) is 65.2 Å². The van der Waals surface area contributed by atoms with Crippen molar-refractivity contribution in [3.05, 3.63) is 28.8 Å². The lowest BCUT2D eigenvalue weighted by molar-refractivity contribution is -0.132. The van der Waals surface area contributed by atoms with Gasteiger partial charge >= 0.3 is 5.97 Å². The molecule has 0 spiro atoms. The summed E-state index contributed by atoms with van der Waals surface area (Å²) >= 11 is 0. The van der Waals surface area contributed by atoms with Crippen LogP contribution < -0.4 is 4.74 Å². The zero-order valence-corrected chi connectivity index (χ0v) is 14.9. The SMILES string of the molecule is CC(=O)Oc1ccc(C)c2c1[C@@H]1CC[C@]3(C)C(=O)CC[C@H]3[C@@H]1CC2. The van der Waals surface area contributed by atoms with Gasteiger partial charge < -0.3 is 4.74 Å². The number of fused-ring (bicyclic) bond motifs is 5. The van der Waals surface area contributed by atoms with Crippen LogP contribution in [0.1, 0.15) is 68.6 Å². The number of ketones is 1. The molecule has 1 aromatic rings. The number of Topliss-reactive ketones (excluding diaryl/α,β-unsaturated/α-hetero) is 1. The number of aryl methyl sites for hydroxylation is 1. The quantitative estimate of drug-likeness (QED) is 0.569. The lowest BCUT2D eigenvalue weighted by Gasteiger charge is -2.48. The molecule has 128 valence electrons. The molecule has 4 rings (SSSR count). The Balaban J connectivity index is 1.78. The van der Waals surface area contributed by atoms with Crippen molar-refractivity contribution in [2.75, 3.05) is 0 Å². The third-order valence-corrected chi connectivity index (χ3v) is 7.05. The van der Waals surface area contributed by atoms with E-state index >= 15 is 0 Å². The van der Waals surface area contributed by atoms with Gasteiger partial charge in [-0.3, -0.25) is 9.59 Å². The van der Waals surface area contributed by atoms with E-state index in [-0.39, 0.29) is 11.4 Å². The molecule has 0 bridgehead atoms. The minimum absolute atomic E-state index is 0.107. The van der Waals surface area contributed by atoms with Crippen molar-refractivity contribution < 1.29 is 14.3 Å². The highest BCUT2D eigenvalue weighted by Crippen LogP contribution is 2.60. The zero-order valence-electron chi connectivity index (χ0n) is 14.9. The fourth-order valence-electron chi connectivity index (χ4n) is 5.86. The lowest BCUT2D eigenvalue weighted by Crippen LogP contribution is -2.42. The highest BCUT2D eigenvalue weighted by molar-refractivity contribution is 5.87. The first-order valence-electron chi connectivity index (χ1n) is 9.26. The van der Waals surface area contributed by atoms with Crippen molar-refractivity contribution in [2.24, 2.45) is 17.3 Å². The molecule has 0 amide bonds. The molecule has 2 saturated carbocycles. The average molecular weight is 326 g/mol. The van der Waals surface area contributed by atoms with E-state index in [1.165, 1.54) is 23.6 Å². The molecule has 3 heteroatoms. The van der Waals surface area contributed by atoms with Crippen LogP contribution >= 0.6 is 0 Å². The predicted octanol–water partition coefficient (Wildman–Crippen LogP) is 4.35. The van der Waals surface area contributed by atoms with Crippen molar-refractivity contribution in [3.63, 3.8) is 0 Å². The van der Waals surface area contributed by atoms with Crippen LogP contribution in [-0.4, -0.2) is 11.8 Å². The molecule has 0 aromatic heterocycles. The van der Waals surface area contributed by atoms with Gasteiger partial charge in [-0.25, -0.2) is 0 Å². The van der Waals surface area contributed by atoms with Crippen LogP contribution in [-0.2, 0) is 16.0 Å². The molecule has 24 heavy (non-hydrogen) atoms. The summed E-state index contributed by atoms with van der Waals surface area (Å²) < 4.78 is 5.57. The van der Waals surface area contributed by atoms with E-state index in [1.54, 1.807) is 0 Å². The molecule has 4 atom stereocenters. The molecule has 3 nitrogen and oxygen atoms in total. The van der Waals surface area contributed by atoms with E-state index in [0.29, 0.717) is 23.5 Å². The fourth-order valence-corrected chi connectivity index (χ4v) is 5.86. The summed E-state index contributed by atoms with van der Waals surface area (Å²) in [6.07, 6.45) is 6.01. The number of hydrogen-bond donors (Lipinski definition) is 0. The monoisotopic (exact) mass is 326 g/mol. The van der Waals surface area contributed by atoms with Gasteiger partial charge in [-0.1, -0.05) is 13.0 Å². The highest BCUT2D eigenvalue weighted by atomic mass is 16.5. The van der Waals surface area contributed by atoms with Gasteiger partial charge in [-0.05, 0) is 74.0 Å². The second-order valence-corrected chi connectivity index (χ2v) is 8.20. The first-order valence-corrected chi connectivity index (χ1v) is 9.26. The molecule has 0 heterocycles. The molecule has 0 unspecified atom stereocenters. The van der Waals surface area contributed by atoms with Gasteiger partial charge in [0, 0.05) is 24.3 Å². The standard InChI is InChI=1S/C21H26O3/c1-12-4-8-18(24-13(2)22)20-14(12)5-6-15-16(20)10-11-21(3)17(15)7-9-19(21)23/h4,8,15-17H,5-7,9-11H2,1-3H3/t15-,16-,17+,21+/m1/s1. The summed E-state index contributed by atoms with van der Waals surface area (Å²) in [4.78, 5) is 24.0. The number of hydrogen-bond acceptors (Lipinski definition) is 3. The Labute approximate surface area is 143 Å². The summed E-state index contributed by atoms with van der Waals surface area (Å²) in [5.41, 5.74) is 3.84. The second-order valence-electron chi connectivity index (χ2n) is 8.20. The van der Waals surface area contributed by atoms with Crippen molar-refractivity contribution >= 4 is 11.8 Å². The smallest absolute Gasteiger partial charge is 0.308 e. The number of benzene rings is 1. The van der Waals surface area contributed by atoms with Crippen molar-refractivity contribution in [1.82, 2.24) is 0 Å². The second kappa shape index (κ2) is 5.44. The summed E-state index contributed by atoms with van der Waals surface area (Å²) in [5.74, 6) is 2.47. The van der Waals surface area contributed by atoms with Crippen LogP contribution in [0.25, 0.3) is 0 Å². The first-order chi connectivity index (χ1) is 11.4. The summed E-state index contributed by atoms with van der Waals surface area (Å²) in [6, 6.07) is 4.04. The number of esters is 1. The average Bonchev–Trinajstić information content (AvgIpc) is 2.85. The fraction of sp³-hybridized carbons (Fsp3) is 0.619. The van der Waals surface area contributed by atoms with E-state index in [9.17, 15) is 9.59 Å². The van der Waals surface area contributed by atoms with Crippen LogP contribution in [0.2, 0.25) is 0 Å². The molecule has 2 fully saturated rings. The largest absolute Gasteiger partial charge is 0.426 e. The summed E-state index contributed by atoms with van der Waals surface area (Å²) in [6.45, 7) is 5.82. The van der Waals surface area contributed by atoms with Crippen molar-refractivity contribution in [1.29, 1.82) is 0 Å². The lowest BCUT2D eigenvalue weighted by atomic mass is 9.55. The molecule has 1 aromatic carbocycles. The third-order valence-electron chi connectivity index (χ3n) is 7.05. The summed E-state index contributed by atoms with van der Waals surface area (Å²) in [5, 5.41) is 0. The van der Waals surface area contributed by atoms with Crippen LogP contribution in [0, 0.1) is 24.2 Å². The van der Waals surface area contributed by atoms with Gasteiger partial charge in [0.2, 0.25) is 0 Å². The van der Waals surface area contributed by atoms with Gasteiger partial charge in [0.1, 0.15) is 11.5 Å². The predicted molar refractivity (Wildman–Crippen MR) is 92.1 cm³/mol. The zero-order chi connectivity index (χ0) is 17.1. The Morgan fingerprint density at radius 3 is 2.75 bits per heavy atom. The Hall–Kier alpha value is -1.64. The van der Waals surface area contributed by atoms with E-state index in [4.69, 9.17) is 4.74 Å². The number of carbonyl (C=O) groups excluding carboxylic acids is 2. The van der Waals surface area contributed by atoms with E-state index < -0.39 is 0 Å². The molecule has 0 saturated heterocycles. The molecular formula is C21H26O3. The number of ether oxygens (including phenoxy) is 1. The maximum absolute atomic E-state index is 12.4. The van der Waals surface area contributed by atoms with Gasteiger partial charge in [0.15, 0.2) is 0 Å². The molecule has 0 aliphatic heterocycles. The first kappa shape index (κ1) is 15.9. The Bertz CT molecular complexity index is 720. The summed E-state index contributed by atoms with van der Waals surface area (Å²) in [7, 11) is 0. The van der Waals surface area contributed by atoms with Crippen LogP contribution in [0.5, 0.6) is 5.75 Å². The molecular weight excluding hydrogens is 300 g/mol. The normalized spacial score (nSPS) is 34.3. The van der Waals surface area contributed by atoms with Crippen LogP contribution in [0.4, 0.5) is 0 Å². The van der Waals surface area contributed by atoms with Crippen LogP contribution in [0.15, 0.2) is 12.1 Å². The topological polar surface area (TPSA) is 43.4 Å². The molecule has 3 aliphatic rings. The van der Waals surface area contributed by atoms with E-state index in [0.717, 1.165) is 44.3 Å². The van der Waals surface area contributed by atoms with Gasteiger partial charge in [-0.2, -0.15) is 0 Å². The minimum Gasteiger partial charge on any atom is -0.426 e. The van der Waals surface area contributed by atoms with Gasteiger partial charge in [0.25, 0.3) is 0 Å².